The van der Waals surface area contributed by atoms with Crippen molar-refractivity contribution in [3.63, 3.8) is 0 Å². The van der Waals surface area contributed by atoms with Gasteiger partial charge in [0.05, 0.1) is 6.54 Å². The van der Waals surface area contributed by atoms with E-state index in [1.165, 1.54) is 0 Å². The third kappa shape index (κ3) is 4.57. The van der Waals surface area contributed by atoms with Crippen LogP contribution in [0.1, 0.15) is 19.8 Å². The number of hydrogen-bond donors (Lipinski definition) is 1. The van der Waals surface area contributed by atoms with Crippen LogP contribution < -0.4 is 5.32 Å². The fourth-order valence-corrected chi connectivity index (χ4v) is 1.76. The maximum Gasteiger partial charge on any atom is 0.408 e. The van der Waals surface area contributed by atoms with Crippen LogP contribution in [-0.4, -0.2) is 42.0 Å². The number of likely N-dealkylation sites (N-methyl/N-ethyl adjacent to an activating group) is 1. The first-order valence-corrected chi connectivity index (χ1v) is 6.07. The highest BCUT2D eigenvalue weighted by Crippen LogP contribution is 2.40. The lowest BCUT2D eigenvalue weighted by atomic mass is 10.2. The normalized spacial score (nSPS) is 16.6. The van der Waals surface area contributed by atoms with Gasteiger partial charge >= 0.3 is 6.18 Å². The van der Waals surface area contributed by atoms with E-state index in [0.717, 1.165) is 11.0 Å². The third-order valence-corrected chi connectivity index (χ3v) is 2.97. The number of nitrogens with one attached hydrogen (secondary N) is 1. The molecule has 1 unspecified atom stereocenters. The molecule has 108 valence electrons. The van der Waals surface area contributed by atoms with Crippen molar-refractivity contribution in [2.75, 3.05) is 13.1 Å². The van der Waals surface area contributed by atoms with Crippen LogP contribution in [0.15, 0.2) is 12.7 Å². The Balaban J connectivity index is 2.57. The number of nitrogens with zero attached hydrogens (tertiary/aromatic N) is 1. The topological polar surface area (TPSA) is 49.4 Å². The van der Waals surface area contributed by atoms with Gasteiger partial charge in [-0.1, -0.05) is 6.58 Å². The number of alkyl halides is 3. The molecule has 2 amide bonds. The Labute approximate surface area is 109 Å². The van der Waals surface area contributed by atoms with Crippen LogP contribution in [0.5, 0.6) is 0 Å². The lowest BCUT2D eigenvalue weighted by Crippen LogP contribution is -2.50. The van der Waals surface area contributed by atoms with Gasteiger partial charge in [-0.3, -0.25) is 9.59 Å². The van der Waals surface area contributed by atoms with Crippen molar-refractivity contribution in [3.05, 3.63) is 12.7 Å². The minimum absolute atomic E-state index is 0.235. The fraction of sp³-hybridized carbons (Fsp3) is 0.667. The number of halogens is 3. The van der Waals surface area contributed by atoms with E-state index < -0.39 is 30.0 Å². The molecule has 0 aromatic carbocycles. The van der Waals surface area contributed by atoms with Crippen LogP contribution in [0.2, 0.25) is 0 Å². The van der Waals surface area contributed by atoms with Crippen molar-refractivity contribution < 1.29 is 22.8 Å². The molecule has 1 aliphatic rings. The SMILES string of the molecule is C=CC(=O)N(CC)CC(=O)NC(C1CC1)C(F)(F)F. The minimum atomic E-state index is -4.45. The number of carbonyl (C=O) groups excluding carboxylic acids is 2. The molecule has 1 aliphatic carbocycles. The molecule has 0 bridgehead atoms. The maximum absolute atomic E-state index is 12.7. The van der Waals surface area contributed by atoms with E-state index in [1.54, 1.807) is 6.92 Å². The molecule has 0 radical (unpaired) electrons. The summed E-state index contributed by atoms with van der Waals surface area (Å²) >= 11 is 0. The number of carbonyl (C=O) groups is 2. The highest BCUT2D eigenvalue weighted by atomic mass is 19.4. The number of hydrogen-bond acceptors (Lipinski definition) is 2. The van der Waals surface area contributed by atoms with E-state index in [2.05, 4.69) is 6.58 Å². The summed E-state index contributed by atoms with van der Waals surface area (Å²) in [5.41, 5.74) is 0. The molecule has 1 fully saturated rings. The van der Waals surface area contributed by atoms with Crippen LogP contribution in [-0.2, 0) is 9.59 Å². The van der Waals surface area contributed by atoms with Crippen molar-refractivity contribution in [2.24, 2.45) is 5.92 Å². The molecule has 1 N–H and O–H groups in total. The van der Waals surface area contributed by atoms with Gasteiger partial charge in [-0.05, 0) is 31.8 Å². The summed E-state index contributed by atoms with van der Waals surface area (Å²) in [6.07, 6.45) is -2.49. The lowest BCUT2D eigenvalue weighted by molar-refractivity contribution is -0.166. The molecule has 0 aliphatic heterocycles. The molecule has 0 spiro atoms. The highest BCUT2D eigenvalue weighted by Gasteiger charge is 2.49. The maximum atomic E-state index is 12.7. The monoisotopic (exact) mass is 278 g/mol. The molecule has 1 atom stereocenters. The van der Waals surface area contributed by atoms with Crippen LogP contribution >= 0.6 is 0 Å². The molecule has 0 aromatic heterocycles. The van der Waals surface area contributed by atoms with Gasteiger partial charge in [-0.25, -0.2) is 0 Å². The molecule has 0 saturated heterocycles. The average Bonchev–Trinajstić information content (AvgIpc) is 3.14. The van der Waals surface area contributed by atoms with Crippen LogP contribution in [0.25, 0.3) is 0 Å². The van der Waals surface area contributed by atoms with Gasteiger partial charge in [0, 0.05) is 6.54 Å². The average molecular weight is 278 g/mol. The Morgan fingerprint density at radius 1 is 1.47 bits per heavy atom. The number of amides is 2. The molecule has 0 heterocycles. The van der Waals surface area contributed by atoms with Crippen LogP contribution in [0.3, 0.4) is 0 Å². The van der Waals surface area contributed by atoms with E-state index >= 15 is 0 Å². The standard InChI is InChI=1S/C12H17F3N2O2/c1-3-10(19)17(4-2)7-9(18)16-11(8-5-6-8)12(13,14)15/h3,8,11H,1,4-7H2,2H3,(H,16,18). The summed E-state index contributed by atoms with van der Waals surface area (Å²) in [5.74, 6) is -1.81. The summed E-state index contributed by atoms with van der Waals surface area (Å²) in [5, 5.41) is 1.97. The molecule has 7 heteroatoms. The second kappa shape index (κ2) is 6.08. The summed E-state index contributed by atoms with van der Waals surface area (Å²) < 4.78 is 38.1. The van der Waals surface area contributed by atoms with Crippen LogP contribution in [0, 0.1) is 5.92 Å². The molecule has 1 rings (SSSR count). The summed E-state index contributed by atoms with van der Waals surface area (Å²) in [6, 6.07) is -1.81. The highest BCUT2D eigenvalue weighted by molar-refractivity contribution is 5.90. The molecular formula is C12H17F3N2O2. The molecule has 19 heavy (non-hydrogen) atoms. The minimum Gasteiger partial charge on any atom is -0.343 e. The second-order valence-electron chi connectivity index (χ2n) is 4.48. The first-order chi connectivity index (χ1) is 8.79. The Hall–Kier alpha value is -1.53. The van der Waals surface area contributed by atoms with E-state index in [0.29, 0.717) is 12.8 Å². The quantitative estimate of drug-likeness (QED) is 0.748. The fourth-order valence-electron chi connectivity index (χ4n) is 1.76. The zero-order valence-corrected chi connectivity index (χ0v) is 10.7. The Morgan fingerprint density at radius 3 is 2.42 bits per heavy atom. The lowest BCUT2D eigenvalue weighted by Gasteiger charge is -2.24. The van der Waals surface area contributed by atoms with E-state index in [9.17, 15) is 22.8 Å². The molecule has 4 nitrogen and oxygen atoms in total. The van der Waals surface area contributed by atoms with Gasteiger partial charge in [0.1, 0.15) is 6.04 Å². The van der Waals surface area contributed by atoms with Gasteiger partial charge in [0.2, 0.25) is 11.8 Å². The van der Waals surface area contributed by atoms with Crippen molar-refractivity contribution in [1.82, 2.24) is 10.2 Å². The zero-order chi connectivity index (χ0) is 14.6. The van der Waals surface area contributed by atoms with Gasteiger partial charge < -0.3 is 10.2 Å². The van der Waals surface area contributed by atoms with Gasteiger partial charge in [-0.15, -0.1) is 0 Å². The van der Waals surface area contributed by atoms with Crippen molar-refractivity contribution in [1.29, 1.82) is 0 Å². The second-order valence-corrected chi connectivity index (χ2v) is 4.48. The molecule has 1 saturated carbocycles. The van der Waals surface area contributed by atoms with Crippen LogP contribution in [0.4, 0.5) is 13.2 Å². The smallest absolute Gasteiger partial charge is 0.343 e. The van der Waals surface area contributed by atoms with Gasteiger partial charge in [0.25, 0.3) is 0 Å². The Morgan fingerprint density at radius 2 is 2.05 bits per heavy atom. The van der Waals surface area contributed by atoms with Crippen molar-refractivity contribution in [3.8, 4) is 0 Å². The Bertz CT molecular complexity index is 364. The molecular weight excluding hydrogens is 261 g/mol. The first-order valence-electron chi connectivity index (χ1n) is 6.07. The van der Waals surface area contributed by atoms with Crippen molar-refractivity contribution >= 4 is 11.8 Å². The predicted octanol–water partition coefficient (Wildman–Crippen LogP) is 1.48. The van der Waals surface area contributed by atoms with E-state index in [4.69, 9.17) is 0 Å². The first kappa shape index (κ1) is 15.5. The zero-order valence-electron chi connectivity index (χ0n) is 10.7. The van der Waals surface area contributed by atoms with E-state index in [-0.39, 0.29) is 13.1 Å². The third-order valence-electron chi connectivity index (χ3n) is 2.97. The largest absolute Gasteiger partial charge is 0.408 e. The summed E-state index contributed by atoms with van der Waals surface area (Å²) in [4.78, 5) is 24.0. The van der Waals surface area contributed by atoms with Crippen molar-refractivity contribution in [2.45, 2.75) is 32.0 Å². The predicted molar refractivity (Wildman–Crippen MR) is 63.2 cm³/mol. The number of rotatable bonds is 6. The summed E-state index contributed by atoms with van der Waals surface area (Å²) in [7, 11) is 0. The van der Waals surface area contributed by atoms with Gasteiger partial charge in [-0.2, -0.15) is 13.2 Å². The van der Waals surface area contributed by atoms with Gasteiger partial charge in [0.15, 0.2) is 0 Å². The Kier molecular flexibility index (Phi) is 4.97. The summed E-state index contributed by atoms with van der Waals surface area (Å²) in [6.45, 7) is 4.75. The van der Waals surface area contributed by atoms with E-state index in [1.807, 2.05) is 5.32 Å². The molecule has 0 aromatic rings.